The van der Waals surface area contributed by atoms with Gasteiger partial charge in [-0.15, -0.1) is 0 Å². The van der Waals surface area contributed by atoms with Crippen LogP contribution in [0.25, 0.3) is 0 Å². The molecule has 3 atom stereocenters. The number of piperidine rings is 1. The van der Waals surface area contributed by atoms with Gasteiger partial charge in [0.15, 0.2) is 0 Å². The highest BCUT2D eigenvalue weighted by molar-refractivity contribution is 5.16. The van der Waals surface area contributed by atoms with Gasteiger partial charge in [0.25, 0.3) is 0 Å². The lowest BCUT2D eigenvalue weighted by Gasteiger charge is -2.44. The molecule has 1 aromatic rings. The minimum Gasteiger partial charge on any atom is -0.329 e. The maximum absolute atomic E-state index is 6.08. The van der Waals surface area contributed by atoms with Gasteiger partial charge >= 0.3 is 0 Å². The molecule has 0 radical (unpaired) electrons. The van der Waals surface area contributed by atoms with Gasteiger partial charge in [-0.3, -0.25) is 4.90 Å². The molecule has 20 heavy (non-hydrogen) atoms. The Morgan fingerprint density at radius 1 is 1.05 bits per heavy atom. The van der Waals surface area contributed by atoms with E-state index in [2.05, 4.69) is 35.2 Å². The third-order valence-corrected chi connectivity index (χ3v) is 5.43. The molecular weight excluding hydrogens is 244 g/mol. The number of rotatable bonds is 4. The first-order valence-electron chi connectivity index (χ1n) is 8.35. The van der Waals surface area contributed by atoms with E-state index in [-0.39, 0.29) is 0 Å². The number of hydrogen-bond donors (Lipinski definition) is 1. The largest absolute Gasteiger partial charge is 0.329 e. The Morgan fingerprint density at radius 3 is 2.55 bits per heavy atom. The van der Waals surface area contributed by atoms with E-state index in [0.29, 0.717) is 6.04 Å². The molecule has 1 heterocycles. The number of likely N-dealkylation sites (tertiary alicyclic amines) is 1. The van der Waals surface area contributed by atoms with Crippen LogP contribution >= 0.6 is 0 Å². The molecule has 1 aliphatic heterocycles. The van der Waals surface area contributed by atoms with Crippen LogP contribution in [0.2, 0.25) is 0 Å². The molecule has 1 saturated heterocycles. The normalized spacial score (nSPS) is 28.9. The van der Waals surface area contributed by atoms with Crippen LogP contribution in [-0.4, -0.2) is 30.6 Å². The van der Waals surface area contributed by atoms with Crippen LogP contribution in [0.1, 0.15) is 37.7 Å². The van der Waals surface area contributed by atoms with Crippen molar-refractivity contribution in [3.8, 4) is 0 Å². The van der Waals surface area contributed by atoms with E-state index in [9.17, 15) is 0 Å². The number of fused-ring (bicyclic) bond motifs is 1. The zero-order chi connectivity index (χ0) is 13.8. The van der Waals surface area contributed by atoms with Crippen LogP contribution in [0.5, 0.6) is 0 Å². The Morgan fingerprint density at radius 2 is 1.80 bits per heavy atom. The molecule has 1 aliphatic carbocycles. The summed E-state index contributed by atoms with van der Waals surface area (Å²) in [6.45, 7) is 3.33. The Bertz CT molecular complexity index is 403. The first-order valence-corrected chi connectivity index (χ1v) is 8.35. The van der Waals surface area contributed by atoms with Crippen molar-refractivity contribution in [3.05, 3.63) is 35.9 Å². The van der Waals surface area contributed by atoms with Crippen molar-refractivity contribution in [3.63, 3.8) is 0 Å². The first kappa shape index (κ1) is 14.1. The summed E-state index contributed by atoms with van der Waals surface area (Å²) in [5.74, 6) is 1.96. The number of hydrogen-bond acceptors (Lipinski definition) is 2. The van der Waals surface area contributed by atoms with E-state index in [1.54, 1.807) is 0 Å². The molecular formula is C18H28N2. The quantitative estimate of drug-likeness (QED) is 0.912. The molecule has 2 aliphatic rings. The fourth-order valence-corrected chi connectivity index (χ4v) is 4.21. The average Bonchev–Trinajstić information content (AvgIpc) is 2.53. The summed E-state index contributed by atoms with van der Waals surface area (Å²) in [7, 11) is 0. The van der Waals surface area contributed by atoms with E-state index < -0.39 is 0 Å². The van der Waals surface area contributed by atoms with Crippen molar-refractivity contribution in [2.75, 3.05) is 19.6 Å². The monoisotopic (exact) mass is 272 g/mol. The Kier molecular flexibility index (Phi) is 4.74. The molecule has 2 fully saturated rings. The van der Waals surface area contributed by atoms with E-state index in [0.717, 1.165) is 24.8 Å². The summed E-state index contributed by atoms with van der Waals surface area (Å²) in [5, 5.41) is 0. The molecule has 0 spiro atoms. The van der Waals surface area contributed by atoms with Gasteiger partial charge in [-0.05, 0) is 43.2 Å². The Labute approximate surface area is 123 Å². The standard InChI is InChI=1S/C18H28N2/c19-13-18(12-15-6-2-1-3-7-15)20-11-10-16-8-4-5-9-17(16)14-20/h1-3,6-7,16-18H,4-5,8-14,19H2. The van der Waals surface area contributed by atoms with Gasteiger partial charge in [-0.2, -0.15) is 0 Å². The van der Waals surface area contributed by atoms with Crippen molar-refractivity contribution in [2.45, 2.75) is 44.6 Å². The zero-order valence-electron chi connectivity index (χ0n) is 12.5. The third kappa shape index (κ3) is 3.24. The highest BCUT2D eigenvalue weighted by Gasteiger charge is 2.33. The summed E-state index contributed by atoms with van der Waals surface area (Å²) in [6.07, 6.45) is 8.34. The lowest BCUT2D eigenvalue weighted by Crippen LogP contribution is -2.50. The summed E-state index contributed by atoms with van der Waals surface area (Å²) in [6, 6.07) is 11.4. The highest BCUT2D eigenvalue weighted by Crippen LogP contribution is 2.36. The van der Waals surface area contributed by atoms with E-state index in [1.165, 1.54) is 50.8 Å². The van der Waals surface area contributed by atoms with E-state index >= 15 is 0 Å². The SMILES string of the molecule is NCC(Cc1ccccc1)N1CCC2CCCCC2C1. The lowest BCUT2D eigenvalue weighted by atomic mass is 9.74. The number of nitrogens with two attached hydrogens (primary N) is 1. The van der Waals surface area contributed by atoms with Gasteiger partial charge in [-0.1, -0.05) is 49.6 Å². The molecule has 3 rings (SSSR count). The molecule has 110 valence electrons. The first-order chi connectivity index (χ1) is 9.86. The third-order valence-electron chi connectivity index (χ3n) is 5.43. The van der Waals surface area contributed by atoms with Crippen LogP contribution in [0.3, 0.4) is 0 Å². The van der Waals surface area contributed by atoms with Crippen molar-refractivity contribution in [2.24, 2.45) is 17.6 Å². The van der Waals surface area contributed by atoms with Crippen molar-refractivity contribution in [1.82, 2.24) is 4.90 Å². The predicted octanol–water partition coefficient (Wildman–Crippen LogP) is 3.07. The van der Waals surface area contributed by atoms with Gasteiger partial charge in [0.05, 0.1) is 0 Å². The minimum atomic E-state index is 0.528. The highest BCUT2D eigenvalue weighted by atomic mass is 15.2. The van der Waals surface area contributed by atoms with Crippen molar-refractivity contribution in [1.29, 1.82) is 0 Å². The number of nitrogens with zero attached hydrogens (tertiary/aromatic N) is 1. The minimum absolute atomic E-state index is 0.528. The Hall–Kier alpha value is -0.860. The fourth-order valence-electron chi connectivity index (χ4n) is 4.21. The molecule has 3 unspecified atom stereocenters. The summed E-state index contributed by atoms with van der Waals surface area (Å²) in [5.41, 5.74) is 7.50. The second-order valence-corrected chi connectivity index (χ2v) is 6.67. The van der Waals surface area contributed by atoms with Gasteiger partial charge in [0, 0.05) is 19.1 Å². The van der Waals surface area contributed by atoms with Gasteiger partial charge in [0.1, 0.15) is 0 Å². The second-order valence-electron chi connectivity index (χ2n) is 6.67. The molecule has 1 aromatic carbocycles. The molecule has 2 heteroatoms. The van der Waals surface area contributed by atoms with Crippen LogP contribution in [0.15, 0.2) is 30.3 Å². The van der Waals surface area contributed by atoms with Crippen LogP contribution < -0.4 is 5.73 Å². The lowest BCUT2D eigenvalue weighted by molar-refractivity contribution is 0.0590. The maximum Gasteiger partial charge on any atom is 0.0258 e. The summed E-state index contributed by atoms with van der Waals surface area (Å²) in [4.78, 5) is 2.68. The molecule has 0 amide bonds. The summed E-state index contributed by atoms with van der Waals surface area (Å²) < 4.78 is 0. The maximum atomic E-state index is 6.08. The Balaban J connectivity index is 1.61. The molecule has 0 bridgehead atoms. The van der Waals surface area contributed by atoms with Crippen molar-refractivity contribution < 1.29 is 0 Å². The van der Waals surface area contributed by atoms with E-state index in [1.807, 2.05) is 0 Å². The van der Waals surface area contributed by atoms with Gasteiger partial charge < -0.3 is 5.73 Å². The second kappa shape index (κ2) is 6.73. The average molecular weight is 272 g/mol. The number of benzene rings is 1. The predicted molar refractivity (Wildman–Crippen MR) is 84.6 cm³/mol. The van der Waals surface area contributed by atoms with Crippen LogP contribution in [-0.2, 0) is 6.42 Å². The molecule has 0 aromatic heterocycles. The summed E-state index contributed by atoms with van der Waals surface area (Å²) >= 11 is 0. The smallest absolute Gasteiger partial charge is 0.0258 e. The fraction of sp³-hybridized carbons (Fsp3) is 0.667. The molecule has 2 nitrogen and oxygen atoms in total. The van der Waals surface area contributed by atoms with Crippen LogP contribution in [0, 0.1) is 11.8 Å². The van der Waals surface area contributed by atoms with E-state index in [4.69, 9.17) is 5.73 Å². The van der Waals surface area contributed by atoms with Crippen molar-refractivity contribution >= 4 is 0 Å². The zero-order valence-corrected chi connectivity index (χ0v) is 12.5. The van der Waals surface area contributed by atoms with Gasteiger partial charge in [-0.25, -0.2) is 0 Å². The van der Waals surface area contributed by atoms with Gasteiger partial charge in [0.2, 0.25) is 0 Å². The van der Waals surface area contributed by atoms with Crippen LogP contribution in [0.4, 0.5) is 0 Å². The molecule has 2 N–H and O–H groups in total. The molecule has 1 saturated carbocycles. The topological polar surface area (TPSA) is 29.3 Å².